The van der Waals surface area contributed by atoms with E-state index in [0.717, 1.165) is 0 Å². The van der Waals surface area contributed by atoms with Crippen LogP contribution < -0.4 is 4.90 Å². The number of ether oxygens (including phenoxy) is 2. The molecule has 7 atom stereocenters. The highest BCUT2D eigenvalue weighted by molar-refractivity contribution is 9.09. The maximum atomic E-state index is 14.4. The number of anilines is 1. The largest absolute Gasteiger partial charge is 0.465 e. The van der Waals surface area contributed by atoms with Gasteiger partial charge < -0.3 is 24.4 Å². The molecular formula is C27H32BrClN2O6. The smallest absolute Gasteiger partial charge is 0.312 e. The molecule has 0 aliphatic carbocycles. The molecule has 0 radical (unpaired) electrons. The van der Waals surface area contributed by atoms with Gasteiger partial charge in [0.1, 0.15) is 11.6 Å². The van der Waals surface area contributed by atoms with Gasteiger partial charge in [-0.25, -0.2) is 0 Å². The molecule has 1 N–H and O–H groups in total. The number of amides is 2. The first-order chi connectivity index (χ1) is 17.7. The van der Waals surface area contributed by atoms with E-state index >= 15 is 0 Å². The molecule has 2 bridgehead atoms. The fraction of sp³-hybridized carbons (Fsp3) is 0.519. The molecule has 0 aromatic heterocycles. The van der Waals surface area contributed by atoms with Gasteiger partial charge in [0.25, 0.3) is 5.91 Å². The monoisotopic (exact) mass is 594 g/mol. The van der Waals surface area contributed by atoms with Crippen LogP contribution in [0.5, 0.6) is 0 Å². The van der Waals surface area contributed by atoms with Gasteiger partial charge >= 0.3 is 5.97 Å². The Hall–Kier alpha value is -2.20. The highest BCUT2D eigenvalue weighted by Gasteiger charge is 2.77. The van der Waals surface area contributed by atoms with Crippen LogP contribution in [0, 0.1) is 11.8 Å². The van der Waals surface area contributed by atoms with Crippen molar-refractivity contribution in [2.75, 3.05) is 24.7 Å². The van der Waals surface area contributed by atoms with Crippen LogP contribution in [0.3, 0.4) is 0 Å². The first-order valence-electron chi connectivity index (χ1n) is 12.5. The van der Waals surface area contributed by atoms with Gasteiger partial charge in [-0.15, -0.1) is 13.2 Å². The Morgan fingerprint density at radius 3 is 2.65 bits per heavy atom. The van der Waals surface area contributed by atoms with E-state index in [1.165, 1.54) is 9.80 Å². The van der Waals surface area contributed by atoms with E-state index in [-0.39, 0.29) is 36.4 Å². The maximum absolute atomic E-state index is 14.4. The third-order valence-electron chi connectivity index (χ3n) is 7.59. The van der Waals surface area contributed by atoms with Gasteiger partial charge in [-0.3, -0.25) is 14.4 Å². The summed E-state index contributed by atoms with van der Waals surface area (Å²) in [6.07, 6.45) is 3.91. The van der Waals surface area contributed by atoms with Crippen LogP contribution in [-0.2, 0) is 23.9 Å². The standard InChI is InChI=1S/C27H32BrClN2O6/c1-4-7-13-36-26(35)20-21-24(33)31(17(6-3)15-32)23(27(21)14-19(28)22(20)37-27)25(34)30(12-5-2)18-10-8-16(29)9-11-18/h4-5,8-11,17,19-23,32H,1-2,6-7,12-15H2,3H3/t17-,19?,20-,21-,22-,23?,27?/m0/s1. The quantitative estimate of drug-likeness (QED) is 0.182. The SMILES string of the molecule is C=CCCOC(=O)[C@H]1[C@H]2C(=O)N([C@@H](CC)CO)C(C(=O)N(CC=C)c3ccc(Cl)cc3)C23CC(Br)[C@@H]1O3. The minimum Gasteiger partial charge on any atom is -0.465 e. The summed E-state index contributed by atoms with van der Waals surface area (Å²) in [7, 11) is 0. The van der Waals surface area contributed by atoms with E-state index in [4.69, 9.17) is 21.1 Å². The lowest BCUT2D eigenvalue weighted by Crippen LogP contribution is -2.59. The fourth-order valence-electron chi connectivity index (χ4n) is 5.98. The molecule has 37 heavy (non-hydrogen) atoms. The van der Waals surface area contributed by atoms with Crippen molar-refractivity contribution in [1.29, 1.82) is 0 Å². The number of hydrogen-bond acceptors (Lipinski definition) is 6. The summed E-state index contributed by atoms with van der Waals surface area (Å²) in [6, 6.07) is 5.15. The molecular weight excluding hydrogens is 564 g/mol. The number of rotatable bonds is 11. The lowest BCUT2D eigenvalue weighted by molar-refractivity contribution is -0.155. The molecule has 3 heterocycles. The minimum absolute atomic E-state index is 0.149. The second kappa shape index (κ2) is 11.3. The molecule has 3 unspecified atom stereocenters. The number of benzene rings is 1. The van der Waals surface area contributed by atoms with Crippen molar-refractivity contribution in [3.63, 3.8) is 0 Å². The van der Waals surface area contributed by atoms with Crippen molar-refractivity contribution < 1.29 is 29.0 Å². The Morgan fingerprint density at radius 1 is 1.35 bits per heavy atom. The Bertz CT molecular complexity index is 1060. The van der Waals surface area contributed by atoms with Gasteiger partial charge in [-0.1, -0.05) is 46.6 Å². The number of fused-ring (bicyclic) bond motifs is 1. The van der Waals surface area contributed by atoms with E-state index < -0.39 is 41.6 Å². The van der Waals surface area contributed by atoms with Gasteiger partial charge in [-0.05, 0) is 43.5 Å². The molecule has 200 valence electrons. The Balaban J connectivity index is 1.79. The van der Waals surface area contributed by atoms with Gasteiger partial charge in [0.2, 0.25) is 5.91 Å². The lowest BCUT2D eigenvalue weighted by atomic mass is 9.70. The van der Waals surface area contributed by atoms with Crippen LogP contribution in [0.1, 0.15) is 26.2 Å². The molecule has 1 aromatic carbocycles. The van der Waals surface area contributed by atoms with Crippen molar-refractivity contribution in [1.82, 2.24) is 4.90 Å². The average molecular weight is 596 g/mol. The van der Waals surface area contributed by atoms with Gasteiger partial charge in [0, 0.05) is 22.1 Å². The highest BCUT2D eigenvalue weighted by Crippen LogP contribution is 2.60. The Labute approximate surface area is 230 Å². The summed E-state index contributed by atoms with van der Waals surface area (Å²) in [5.74, 6) is -3.03. The summed E-state index contributed by atoms with van der Waals surface area (Å²) in [4.78, 5) is 44.4. The number of likely N-dealkylation sites (tertiary alicyclic amines) is 1. The molecule has 3 aliphatic heterocycles. The van der Waals surface area contributed by atoms with Crippen LogP contribution in [0.25, 0.3) is 0 Å². The predicted molar refractivity (Wildman–Crippen MR) is 143 cm³/mol. The zero-order valence-corrected chi connectivity index (χ0v) is 23.1. The van der Waals surface area contributed by atoms with Gasteiger partial charge in [-0.2, -0.15) is 0 Å². The summed E-state index contributed by atoms with van der Waals surface area (Å²) < 4.78 is 12.0. The molecule has 0 saturated carbocycles. The topological polar surface area (TPSA) is 96.4 Å². The summed E-state index contributed by atoms with van der Waals surface area (Å²) in [5, 5.41) is 10.7. The number of aliphatic hydroxyl groups excluding tert-OH is 1. The van der Waals surface area contributed by atoms with Gasteiger partial charge in [0.05, 0.1) is 37.2 Å². The number of halogens is 2. The average Bonchev–Trinajstić information content (AvgIpc) is 3.47. The summed E-state index contributed by atoms with van der Waals surface area (Å²) >= 11 is 9.71. The Kier molecular flexibility index (Phi) is 8.48. The van der Waals surface area contributed by atoms with E-state index in [1.54, 1.807) is 36.4 Å². The minimum atomic E-state index is -1.25. The third kappa shape index (κ3) is 4.64. The molecule has 3 fully saturated rings. The van der Waals surface area contributed by atoms with Crippen molar-refractivity contribution in [2.24, 2.45) is 11.8 Å². The van der Waals surface area contributed by atoms with Crippen LogP contribution in [-0.4, -0.2) is 76.2 Å². The molecule has 8 nitrogen and oxygen atoms in total. The normalized spacial score (nSPS) is 30.6. The van der Waals surface area contributed by atoms with Crippen LogP contribution >= 0.6 is 27.5 Å². The molecule has 3 saturated heterocycles. The van der Waals surface area contributed by atoms with Gasteiger partial charge in [0.15, 0.2) is 0 Å². The number of esters is 1. The predicted octanol–water partition coefficient (Wildman–Crippen LogP) is 3.50. The number of alkyl halides is 1. The summed E-state index contributed by atoms with van der Waals surface area (Å²) in [6.45, 7) is 9.29. The Morgan fingerprint density at radius 2 is 2.05 bits per heavy atom. The second-order valence-corrected chi connectivity index (χ2v) is 11.2. The number of aliphatic hydroxyl groups is 1. The second-order valence-electron chi connectivity index (χ2n) is 9.61. The van der Waals surface area contributed by atoms with Crippen LogP contribution in [0.15, 0.2) is 49.6 Å². The zero-order valence-electron chi connectivity index (χ0n) is 20.7. The number of nitrogens with zero attached hydrogens (tertiary/aromatic N) is 2. The molecule has 4 rings (SSSR count). The highest BCUT2D eigenvalue weighted by atomic mass is 79.9. The van der Waals surface area contributed by atoms with Crippen molar-refractivity contribution >= 4 is 51.0 Å². The van der Waals surface area contributed by atoms with Crippen molar-refractivity contribution in [3.8, 4) is 0 Å². The summed E-state index contributed by atoms with van der Waals surface area (Å²) in [5.41, 5.74) is -0.661. The van der Waals surface area contributed by atoms with E-state index in [0.29, 0.717) is 30.0 Å². The van der Waals surface area contributed by atoms with E-state index in [2.05, 4.69) is 29.1 Å². The fourth-order valence-corrected chi connectivity index (χ4v) is 7.05. The lowest BCUT2D eigenvalue weighted by Gasteiger charge is -2.39. The van der Waals surface area contributed by atoms with Crippen LogP contribution in [0.4, 0.5) is 5.69 Å². The molecule has 3 aliphatic rings. The molecule has 1 aromatic rings. The maximum Gasteiger partial charge on any atom is 0.312 e. The zero-order chi connectivity index (χ0) is 26.9. The van der Waals surface area contributed by atoms with E-state index in [1.807, 2.05) is 6.92 Å². The van der Waals surface area contributed by atoms with E-state index in [9.17, 15) is 19.5 Å². The van der Waals surface area contributed by atoms with Crippen molar-refractivity contribution in [2.45, 2.75) is 54.8 Å². The van der Waals surface area contributed by atoms with Crippen molar-refractivity contribution in [3.05, 3.63) is 54.6 Å². The number of carbonyl (C=O) groups is 3. The first-order valence-corrected chi connectivity index (χ1v) is 13.7. The number of carbonyl (C=O) groups excluding carboxylic acids is 3. The number of hydrogen-bond donors (Lipinski definition) is 1. The molecule has 2 amide bonds. The first kappa shape index (κ1) is 27.8. The molecule has 1 spiro atoms. The third-order valence-corrected chi connectivity index (χ3v) is 8.69. The van der Waals surface area contributed by atoms with Crippen LogP contribution in [0.2, 0.25) is 5.02 Å². The molecule has 10 heteroatoms.